The van der Waals surface area contributed by atoms with E-state index in [1.165, 1.54) is 19.0 Å². The van der Waals surface area contributed by atoms with Crippen molar-refractivity contribution in [2.75, 3.05) is 0 Å². The lowest BCUT2D eigenvalue weighted by Gasteiger charge is -1.99. The van der Waals surface area contributed by atoms with Crippen LogP contribution in [0.4, 0.5) is 0 Å². The number of fused-ring (bicyclic) bond motifs is 3. The molecule has 0 atom stereocenters. The Morgan fingerprint density at radius 2 is 1.18 bits per heavy atom. The Morgan fingerprint density at radius 1 is 0.590 bits per heavy atom. The maximum atomic E-state index is 11.6. The Balaban J connectivity index is 0.000000136. The number of pyridine rings is 3. The van der Waals surface area contributed by atoms with E-state index in [4.69, 9.17) is 0 Å². The zero-order chi connectivity index (χ0) is 28.3. The van der Waals surface area contributed by atoms with Gasteiger partial charge in [0.25, 0.3) is 5.56 Å². The molecule has 6 aromatic rings. The summed E-state index contributed by atoms with van der Waals surface area (Å²) in [6, 6.07) is 3.36. The largest absolute Gasteiger partial charge is 0.346 e. The molecule has 6 heterocycles. The van der Waals surface area contributed by atoms with Crippen molar-refractivity contribution in [1.29, 1.82) is 0 Å². The summed E-state index contributed by atoms with van der Waals surface area (Å²) < 4.78 is 0. The first-order valence-corrected chi connectivity index (χ1v) is 12.0. The van der Waals surface area contributed by atoms with E-state index in [9.17, 15) is 14.4 Å². The van der Waals surface area contributed by atoms with E-state index in [0.717, 1.165) is 22.5 Å². The van der Waals surface area contributed by atoms with Crippen LogP contribution in [0.3, 0.4) is 0 Å². The van der Waals surface area contributed by atoms with Crippen molar-refractivity contribution >= 4 is 33.1 Å². The number of nitrogens with one attached hydrogen (secondary N) is 3. The van der Waals surface area contributed by atoms with Gasteiger partial charge in [0, 0.05) is 34.5 Å². The zero-order valence-electron chi connectivity index (χ0n) is 22.4. The highest BCUT2D eigenvalue weighted by molar-refractivity contribution is 5.78. The molecule has 0 bridgehead atoms. The van der Waals surface area contributed by atoms with Crippen molar-refractivity contribution in [3.63, 3.8) is 0 Å². The van der Waals surface area contributed by atoms with Gasteiger partial charge in [-0.15, -0.1) is 0 Å². The van der Waals surface area contributed by atoms with Crippen LogP contribution >= 0.6 is 0 Å². The topological polar surface area (TPSA) is 176 Å². The van der Waals surface area contributed by atoms with Crippen molar-refractivity contribution in [2.24, 2.45) is 0 Å². The molecule has 0 radical (unpaired) electrons. The Kier molecular flexibility index (Phi) is 7.65. The van der Waals surface area contributed by atoms with E-state index in [0.29, 0.717) is 44.5 Å². The second-order valence-electron chi connectivity index (χ2n) is 8.99. The van der Waals surface area contributed by atoms with Gasteiger partial charge in [-0.3, -0.25) is 14.4 Å². The maximum absolute atomic E-state index is 11.6. The third-order valence-corrected chi connectivity index (χ3v) is 6.03. The molecule has 12 nitrogen and oxygen atoms in total. The van der Waals surface area contributed by atoms with Gasteiger partial charge in [-0.25, -0.2) is 29.9 Å². The number of aromatic nitrogens is 9. The SMILES string of the molecule is Cc1c[nH]c2ncnc(C)c2c1=O.Cc1cc(=O)c2c(C)ncnc2[nH]1.Cc1cc2c(C)ncnc2[nH]c1=O. The Bertz CT molecular complexity index is 2000. The van der Waals surface area contributed by atoms with E-state index in [2.05, 4.69) is 44.9 Å². The molecule has 12 heteroatoms. The maximum Gasteiger partial charge on any atom is 0.252 e. The predicted molar refractivity (Wildman–Crippen MR) is 149 cm³/mol. The molecule has 0 amide bonds. The van der Waals surface area contributed by atoms with Gasteiger partial charge in [-0.05, 0) is 47.6 Å². The zero-order valence-corrected chi connectivity index (χ0v) is 22.4. The summed E-state index contributed by atoms with van der Waals surface area (Å²) in [7, 11) is 0. The summed E-state index contributed by atoms with van der Waals surface area (Å²) in [6.07, 6.45) is 6.01. The Hall–Kier alpha value is -5.13. The first-order chi connectivity index (χ1) is 18.6. The number of nitrogens with zero attached hydrogens (tertiary/aromatic N) is 6. The number of H-pyrrole nitrogens is 3. The highest BCUT2D eigenvalue weighted by atomic mass is 16.1. The van der Waals surface area contributed by atoms with Gasteiger partial charge in [0.2, 0.25) is 0 Å². The molecule has 0 fully saturated rings. The number of rotatable bonds is 0. The molecule has 0 aromatic carbocycles. The highest BCUT2D eigenvalue weighted by Crippen LogP contribution is 2.10. The molecule has 0 spiro atoms. The molecule has 6 rings (SSSR count). The van der Waals surface area contributed by atoms with Crippen molar-refractivity contribution < 1.29 is 0 Å². The standard InChI is InChI=1S/3C9H9N3O/c1-5-3-10-9-7(8(5)13)6(2)11-4-12-9;1-5-3-7(13)8-6(2)10-4-11-9(8)12-5;1-5-3-7-6(2)10-4-11-8(7)12-9(5)13/h3*3-4H,1-2H3,(H,10,11,12,13). The summed E-state index contributed by atoms with van der Waals surface area (Å²) in [5.41, 5.74) is 6.20. The Morgan fingerprint density at radius 3 is 1.87 bits per heavy atom. The minimum Gasteiger partial charge on any atom is -0.346 e. The molecule has 0 aliphatic rings. The minimum atomic E-state index is -0.0920. The van der Waals surface area contributed by atoms with Crippen molar-refractivity contribution in [1.82, 2.24) is 44.9 Å². The molecule has 198 valence electrons. The van der Waals surface area contributed by atoms with Crippen LogP contribution in [0.1, 0.15) is 33.9 Å². The molecule has 0 aliphatic carbocycles. The summed E-state index contributed by atoms with van der Waals surface area (Å²) in [5, 5.41) is 2.07. The summed E-state index contributed by atoms with van der Waals surface area (Å²) >= 11 is 0. The highest BCUT2D eigenvalue weighted by Gasteiger charge is 2.06. The van der Waals surface area contributed by atoms with E-state index in [1.807, 2.05) is 19.9 Å². The number of hydrogen-bond acceptors (Lipinski definition) is 9. The van der Waals surface area contributed by atoms with E-state index < -0.39 is 0 Å². The molecular weight excluding hydrogens is 498 g/mol. The van der Waals surface area contributed by atoms with Crippen LogP contribution in [-0.4, -0.2) is 44.9 Å². The fourth-order valence-electron chi connectivity index (χ4n) is 3.89. The van der Waals surface area contributed by atoms with Crippen LogP contribution in [0.2, 0.25) is 0 Å². The quantitative estimate of drug-likeness (QED) is 0.269. The van der Waals surface area contributed by atoms with Crippen LogP contribution in [0.25, 0.3) is 33.1 Å². The van der Waals surface area contributed by atoms with Crippen molar-refractivity contribution in [3.8, 4) is 0 Å². The van der Waals surface area contributed by atoms with Crippen LogP contribution in [0, 0.1) is 41.5 Å². The number of hydrogen-bond donors (Lipinski definition) is 3. The lowest BCUT2D eigenvalue weighted by molar-refractivity contribution is 1.10. The summed E-state index contributed by atoms with van der Waals surface area (Å²) in [5.74, 6) is 0. The lowest BCUT2D eigenvalue weighted by atomic mass is 10.2. The van der Waals surface area contributed by atoms with Crippen LogP contribution in [-0.2, 0) is 0 Å². The van der Waals surface area contributed by atoms with Crippen LogP contribution < -0.4 is 16.4 Å². The predicted octanol–water partition coefficient (Wildman–Crippen LogP) is 2.80. The number of aromatic amines is 3. The molecule has 0 saturated carbocycles. The van der Waals surface area contributed by atoms with Gasteiger partial charge < -0.3 is 15.0 Å². The molecule has 3 N–H and O–H groups in total. The molecule has 0 saturated heterocycles. The Labute approximate surface area is 221 Å². The minimum absolute atomic E-state index is 0.00634. The fourth-order valence-corrected chi connectivity index (χ4v) is 3.89. The van der Waals surface area contributed by atoms with E-state index in [-0.39, 0.29) is 16.4 Å². The molecular formula is C27H27N9O3. The van der Waals surface area contributed by atoms with Crippen LogP contribution in [0.5, 0.6) is 0 Å². The van der Waals surface area contributed by atoms with E-state index >= 15 is 0 Å². The smallest absolute Gasteiger partial charge is 0.252 e. The second kappa shape index (κ2) is 11.1. The first kappa shape index (κ1) is 26.9. The summed E-state index contributed by atoms with van der Waals surface area (Å²) in [6.45, 7) is 10.9. The molecule has 6 aromatic heterocycles. The second-order valence-corrected chi connectivity index (χ2v) is 8.99. The third kappa shape index (κ3) is 5.74. The average molecular weight is 526 g/mol. The lowest BCUT2D eigenvalue weighted by Crippen LogP contribution is -2.10. The van der Waals surface area contributed by atoms with Gasteiger partial charge in [-0.1, -0.05) is 0 Å². The van der Waals surface area contributed by atoms with Crippen LogP contribution in [0.15, 0.2) is 51.7 Å². The van der Waals surface area contributed by atoms with E-state index in [1.54, 1.807) is 40.0 Å². The molecule has 0 unspecified atom stereocenters. The van der Waals surface area contributed by atoms with Crippen molar-refractivity contribution in [2.45, 2.75) is 41.5 Å². The first-order valence-electron chi connectivity index (χ1n) is 12.0. The van der Waals surface area contributed by atoms with Gasteiger partial charge >= 0.3 is 0 Å². The van der Waals surface area contributed by atoms with Gasteiger partial charge in [0.15, 0.2) is 10.9 Å². The molecule has 39 heavy (non-hydrogen) atoms. The monoisotopic (exact) mass is 525 g/mol. The fraction of sp³-hybridized carbons (Fsp3) is 0.222. The van der Waals surface area contributed by atoms with Gasteiger partial charge in [-0.2, -0.15) is 0 Å². The summed E-state index contributed by atoms with van der Waals surface area (Å²) in [4.78, 5) is 67.0. The third-order valence-electron chi connectivity index (χ3n) is 6.03. The number of aryl methyl sites for hydroxylation is 6. The average Bonchev–Trinajstić information content (AvgIpc) is 2.88. The van der Waals surface area contributed by atoms with Gasteiger partial charge in [0.05, 0.1) is 27.9 Å². The molecule has 0 aliphatic heterocycles. The van der Waals surface area contributed by atoms with Gasteiger partial charge in [0.1, 0.15) is 35.9 Å². The van der Waals surface area contributed by atoms with Crippen molar-refractivity contribution in [3.05, 3.63) is 102 Å². The normalized spacial score (nSPS) is 10.6.